The SMILES string of the molecule is Cc1cccc(NC(=O)c2cccn(Cc3cccc(F)c3)c2=O)n1. The van der Waals surface area contributed by atoms with Crippen molar-refractivity contribution in [2.75, 3.05) is 5.32 Å². The molecule has 0 fully saturated rings. The van der Waals surface area contributed by atoms with E-state index in [0.29, 0.717) is 11.4 Å². The molecule has 5 nitrogen and oxygen atoms in total. The number of rotatable bonds is 4. The first kappa shape index (κ1) is 16.6. The van der Waals surface area contributed by atoms with Gasteiger partial charge in [-0.1, -0.05) is 18.2 Å². The number of carbonyl (C=O) groups is 1. The number of hydrogen-bond acceptors (Lipinski definition) is 3. The van der Waals surface area contributed by atoms with Crippen molar-refractivity contribution in [3.63, 3.8) is 0 Å². The summed E-state index contributed by atoms with van der Waals surface area (Å²) in [5, 5.41) is 2.62. The van der Waals surface area contributed by atoms with Gasteiger partial charge in [0.2, 0.25) is 0 Å². The zero-order valence-electron chi connectivity index (χ0n) is 13.6. The van der Waals surface area contributed by atoms with Gasteiger partial charge in [0, 0.05) is 11.9 Å². The Hall–Kier alpha value is -3.28. The maximum absolute atomic E-state index is 13.3. The van der Waals surface area contributed by atoms with Crippen molar-refractivity contribution < 1.29 is 9.18 Å². The smallest absolute Gasteiger partial charge is 0.263 e. The minimum atomic E-state index is -0.531. The van der Waals surface area contributed by atoms with Gasteiger partial charge in [0.25, 0.3) is 11.5 Å². The first-order valence-electron chi connectivity index (χ1n) is 7.72. The minimum absolute atomic E-state index is 0.00205. The Morgan fingerprint density at radius 2 is 1.96 bits per heavy atom. The van der Waals surface area contributed by atoms with Gasteiger partial charge in [-0.05, 0) is 48.9 Å². The molecule has 2 aromatic heterocycles. The van der Waals surface area contributed by atoms with E-state index in [0.717, 1.165) is 5.69 Å². The Kier molecular flexibility index (Phi) is 4.70. The molecule has 0 aliphatic heterocycles. The standard InChI is InChI=1S/C19H16FN3O2/c1-13-5-2-9-17(21-13)22-18(24)16-8-4-10-23(19(16)25)12-14-6-3-7-15(20)11-14/h2-11H,12H2,1H3,(H,21,22,24). The van der Waals surface area contributed by atoms with Gasteiger partial charge in [-0.3, -0.25) is 9.59 Å². The lowest BCUT2D eigenvalue weighted by molar-refractivity contribution is 0.102. The quantitative estimate of drug-likeness (QED) is 0.796. The average molecular weight is 337 g/mol. The van der Waals surface area contributed by atoms with Crippen LogP contribution < -0.4 is 10.9 Å². The highest BCUT2D eigenvalue weighted by Crippen LogP contribution is 2.07. The molecule has 0 saturated heterocycles. The Balaban J connectivity index is 1.85. The second kappa shape index (κ2) is 7.09. The summed E-state index contributed by atoms with van der Waals surface area (Å²) in [6, 6.07) is 14.3. The van der Waals surface area contributed by atoms with Gasteiger partial charge in [0.15, 0.2) is 0 Å². The Labute approximate surface area is 143 Å². The van der Waals surface area contributed by atoms with E-state index in [4.69, 9.17) is 0 Å². The molecular formula is C19H16FN3O2. The van der Waals surface area contributed by atoms with Crippen molar-refractivity contribution in [3.05, 3.63) is 93.8 Å². The van der Waals surface area contributed by atoms with Crippen molar-refractivity contribution in [2.24, 2.45) is 0 Å². The van der Waals surface area contributed by atoms with E-state index in [2.05, 4.69) is 10.3 Å². The molecule has 0 spiro atoms. The predicted octanol–water partition coefficient (Wildman–Crippen LogP) is 2.99. The van der Waals surface area contributed by atoms with Crippen molar-refractivity contribution in [2.45, 2.75) is 13.5 Å². The van der Waals surface area contributed by atoms with Crippen LogP contribution in [-0.4, -0.2) is 15.5 Å². The van der Waals surface area contributed by atoms with Crippen molar-refractivity contribution in [3.8, 4) is 0 Å². The molecule has 25 heavy (non-hydrogen) atoms. The number of aromatic nitrogens is 2. The second-order valence-electron chi connectivity index (χ2n) is 5.60. The third-order valence-electron chi connectivity index (χ3n) is 3.64. The third kappa shape index (κ3) is 3.98. The van der Waals surface area contributed by atoms with Crippen LogP contribution in [-0.2, 0) is 6.54 Å². The number of hydrogen-bond donors (Lipinski definition) is 1. The first-order valence-corrected chi connectivity index (χ1v) is 7.72. The zero-order valence-corrected chi connectivity index (χ0v) is 13.6. The topological polar surface area (TPSA) is 64.0 Å². The monoisotopic (exact) mass is 337 g/mol. The molecule has 126 valence electrons. The van der Waals surface area contributed by atoms with Crippen LogP contribution in [0.3, 0.4) is 0 Å². The van der Waals surface area contributed by atoms with Crippen molar-refractivity contribution >= 4 is 11.7 Å². The number of nitrogens with one attached hydrogen (secondary N) is 1. The molecule has 1 amide bonds. The van der Waals surface area contributed by atoms with E-state index in [-0.39, 0.29) is 17.9 Å². The van der Waals surface area contributed by atoms with Gasteiger partial charge >= 0.3 is 0 Å². The molecule has 1 N–H and O–H groups in total. The number of nitrogens with zero attached hydrogens (tertiary/aromatic N) is 2. The summed E-state index contributed by atoms with van der Waals surface area (Å²) in [4.78, 5) is 29.1. The fraction of sp³-hybridized carbons (Fsp3) is 0.105. The van der Waals surface area contributed by atoms with Gasteiger partial charge in [0.1, 0.15) is 17.2 Å². The molecule has 6 heteroatoms. The van der Waals surface area contributed by atoms with Crippen molar-refractivity contribution in [1.82, 2.24) is 9.55 Å². The van der Waals surface area contributed by atoms with Crippen LogP contribution in [0.15, 0.2) is 65.6 Å². The second-order valence-corrected chi connectivity index (χ2v) is 5.60. The van der Waals surface area contributed by atoms with Crippen molar-refractivity contribution in [1.29, 1.82) is 0 Å². The molecule has 0 unspecified atom stereocenters. The van der Waals surface area contributed by atoms with E-state index in [9.17, 15) is 14.0 Å². The van der Waals surface area contributed by atoms with E-state index < -0.39 is 11.5 Å². The van der Waals surface area contributed by atoms with Gasteiger partial charge in [-0.15, -0.1) is 0 Å². The maximum Gasteiger partial charge on any atom is 0.263 e. The molecule has 3 aromatic rings. The molecular weight excluding hydrogens is 321 g/mol. The first-order chi connectivity index (χ1) is 12.0. The van der Waals surface area contributed by atoms with E-state index in [1.165, 1.54) is 22.8 Å². The van der Waals surface area contributed by atoms with Crippen LogP contribution in [0.5, 0.6) is 0 Å². The number of aryl methyl sites for hydroxylation is 1. The largest absolute Gasteiger partial charge is 0.310 e. The molecule has 0 aliphatic carbocycles. The number of pyridine rings is 2. The normalized spacial score (nSPS) is 10.5. The van der Waals surface area contributed by atoms with Gasteiger partial charge in [-0.2, -0.15) is 0 Å². The summed E-state index contributed by atoms with van der Waals surface area (Å²) in [6.07, 6.45) is 1.56. The van der Waals surface area contributed by atoms with E-state index in [1.54, 1.807) is 36.5 Å². The number of benzene rings is 1. The highest BCUT2D eigenvalue weighted by Gasteiger charge is 2.13. The van der Waals surface area contributed by atoms with Crippen LogP contribution in [0, 0.1) is 12.7 Å². The summed E-state index contributed by atoms with van der Waals surface area (Å²) in [5.74, 6) is -0.522. The number of halogens is 1. The fourth-order valence-electron chi connectivity index (χ4n) is 2.46. The molecule has 2 heterocycles. The number of carbonyl (C=O) groups excluding carboxylic acids is 1. The number of amides is 1. The predicted molar refractivity (Wildman–Crippen MR) is 93.1 cm³/mol. The molecule has 1 aromatic carbocycles. The number of anilines is 1. The Morgan fingerprint density at radius 1 is 1.16 bits per heavy atom. The highest BCUT2D eigenvalue weighted by molar-refractivity contribution is 6.03. The zero-order chi connectivity index (χ0) is 17.8. The highest BCUT2D eigenvalue weighted by atomic mass is 19.1. The molecule has 0 saturated carbocycles. The van der Waals surface area contributed by atoms with Crippen LogP contribution >= 0.6 is 0 Å². The van der Waals surface area contributed by atoms with E-state index in [1.807, 2.05) is 13.0 Å². The molecule has 0 radical (unpaired) electrons. The Bertz CT molecular complexity index is 982. The summed E-state index contributed by atoms with van der Waals surface area (Å²) < 4.78 is 14.7. The fourth-order valence-corrected chi connectivity index (χ4v) is 2.46. The Morgan fingerprint density at radius 3 is 2.72 bits per heavy atom. The molecule has 0 bridgehead atoms. The van der Waals surface area contributed by atoms with Gasteiger partial charge in [0.05, 0.1) is 6.54 Å². The van der Waals surface area contributed by atoms with Crippen LogP contribution in [0.1, 0.15) is 21.6 Å². The lowest BCUT2D eigenvalue weighted by Crippen LogP contribution is -2.29. The lowest BCUT2D eigenvalue weighted by Gasteiger charge is -2.09. The molecule has 0 atom stereocenters. The van der Waals surface area contributed by atoms with Gasteiger partial charge < -0.3 is 9.88 Å². The summed E-state index contributed by atoms with van der Waals surface area (Å²) in [6.45, 7) is 1.99. The molecule has 0 aliphatic rings. The van der Waals surface area contributed by atoms with E-state index >= 15 is 0 Å². The minimum Gasteiger partial charge on any atom is -0.310 e. The van der Waals surface area contributed by atoms with Crippen LogP contribution in [0.4, 0.5) is 10.2 Å². The maximum atomic E-state index is 13.3. The lowest BCUT2D eigenvalue weighted by atomic mass is 10.2. The van der Waals surface area contributed by atoms with Gasteiger partial charge in [-0.25, -0.2) is 9.37 Å². The van der Waals surface area contributed by atoms with Crippen LogP contribution in [0.25, 0.3) is 0 Å². The molecule has 3 rings (SSSR count). The summed E-state index contributed by atoms with van der Waals surface area (Å²) >= 11 is 0. The van der Waals surface area contributed by atoms with Crippen LogP contribution in [0.2, 0.25) is 0 Å². The summed E-state index contributed by atoms with van der Waals surface area (Å²) in [5.41, 5.74) is 0.952. The third-order valence-corrected chi connectivity index (χ3v) is 3.64. The summed E-state index contributed by atoms with van der Waals surface area (Å²) in [7, 11) is 0. The average Bonchev–Trinajstić information content (AvgIpc) is 2.57.